The Morgan fingerprint density at radius 2 is 1.50 bits per heavy atom. The van der Waals surface area contributed by atoms with Crippen molar-refractivity contribution >= 4 is 43.6 Å². The number of rotatable bonds is 5. The summed E-state index contributed by atoms with van der Waals surface area (Å²) in [6, 6.07) is 21.8. The Morgan fingerprint density at radius 1 is 0.824 bits per heavy atom. The third-order valence-electron chi connectivity index (χ3n) is 6.03. The number of aromatic nitrogens is 1. The molecule has 1 aliphatic rings. The van der Waals surface area contributed by atoms with Gasteiger partial charge in [-0.2, -0.15) is 4.31 Å². The fourth-order valence-electron chi connectivity index (χ4n) is 4.13. The van der Waals surface area contributed by atoms with Crippen LogP contribution in [0.15, 0.2) is 77.7 Å². The lowest BCUT2D eigenvalue weighted by Gasteiger charge is -2.33. The van der Waals surface area contributed by atoms with Crippen LogP contribution in [-0.4, -0.2) is 67.3 Å². The Bertz CT molecular complexity index is 1450. The third-order valence-corrected chi connectivity index (χ3v) is 7.92. The van der Waals surface area contributed by atoms with Crippen molar-refractivity contribution in [2.75, 3.05) is 32.8 Å². The second-order valence-electron chi connectivity index (χ2n) is 8.14. The Morgan fingerprint density at radius 3 is 2.24 bits per heavy atom. The zero-order valence-electron chi connectivity index (χ0n) is 18.3. The maximum atomic E-state index is 13.1. The van der Waals surface area contributed by atoms with Crippen molar-refractivity contribution in [1.82, 2.24) is 14.2 Å². The van der Waals surface area contributed by atoms with Gasteiger partial charge < -0.3 is 14.6 Å². The minimum atomic E-state index is -3.67. The molecule has 0 saturated carbocycles. The highest BCUT2D eigenvalue weighted by Crippen LogP contribution is 2.23. The van der Waals surface area contributed by atoms with Crippen molar-refractivity contribution in [3.8, 4) is 0 Å². The second-order valence-corrected chi connectivity index (χ2v) is 10.1. The smallest absolute Gasteiger partial charge is 0.355 e. The third kappa shape index (κ3) is 4.27. The Labute approximate surface area is 196 Å². The predicted molar refractivity (Wildman–Crippen MR) is 128 cm³/mol. The predicted octanol–water partition coefficient (Wildman–Crippen LogP) is 3.01. The van der Waals surface area contributed by atoms with Gasteiger partial charge in [-0.1, -0.05) is 48.5 Å². The summed E-state index contributed by atoms with van der Waals surface area (Å²) >= 11 is 0. The van der Waals surface area contributed by atoms with Crippen molar-refractivity contribution in [1.29, 1.82) is 0 Å². The highest BCUT2D eigenvalue weighted by molar-refractivity contribution is 7.89. The number of H-pyrrole nitrogens is 1. The number of fused-ring (bicyclic) bond motifs is 2. The molecule has 1 aromatic heterocycles. The minimum Gasteiger partial charge on any atom is -0.451 e. The number of esters is 1. The highest BCUT2D eigenvalue weighted by atomic mass is 32.2. The molecule has 0 unspecified atom stereocenters. The van der Waals surface area contributed by atoms with Crippen LogP contribution in [0.1, 0.15) is 10.5 Å². The molecular weight excluding hydrogens is 454 g/mol. The SMILES string of the molecule is O=C(OCC(=O)N1CCN(S(=O)(=O)c2ccc3ccccc3c2)CC1)c1cc2ccccc2[nH]1. The van der Waals surface area contributed by atoms with Crippen molar-refractivity contribution in [2.45, 2.75) is 4.90 Å². The van der Waals surface area contributed by atoms with Gasteiger partial charge in [0.25, 0.3) is 5.91 Å². The number of hydrogen-bond donors (Lipinski definition) is 1. The van der Waals surface area contributed by atoms with Crippen LogP contribution in [0, 0.1) is 0 Å². The molecule has 9 heteroatoms. The summed E-state index contributed by atoms with van der Waals surface area (Å²) in [5.41, 5.74) is 1.09. The average molecular weight is 478 g/mol. The van der Waals surface area contributed by atoms with E-state index in [1.165, 1.54) is 9.21 Å². The standard InChI is InChI=1S/C25H23N3O5S/c29-24(17-33-25(30)23-16-20-7-3-4-8-22(20)26-23)27-11-13-28(14-12-27)34(31,32)21-10-9-18-5-1-2-6-19(18)15-21/h1-10,15-16,26H,11-14,17H2. The number of ether oxygens (including phenoxy) is 1. The number of para-hydroxylation sites is 1. The van der Waals surface area contributed by atoms with Crippen LogP contribution in [0.4, 0.5) is 0 Å². The van der Waals surface area contributed by atoms with E-state index >= 15 is 0 Å². The molecule has 3 aromatic carbocycles. The summed E-state index contributed by atoms with van der Waals surface area (Å²) in [6.07, 6.45) is 0. The van der Waals surface area contributed by atoms with Gasteiger partial charge in [0.2, 0.25) is 10.0 Å². The number of amides is 1. The molecule has 1 fully saturated rings. The monoisotopic (exact) mass is 477 g/mol. The first-order valence-electron chi connectivity index (χ1n) is 10.9. The van der Waals surface area contributed by atoms with Gasteiger partial charge in [0, 0.05) is 37.1 Å². The van der Waals surface area contributed by atoms with Crippen LogP contribution in [0.25, 0.3) is 21.7 Å². The van der Waals surface area contributed by atoms with E-state index in [2.05, 4.69) is 4.98 Å². The fraction of sp³-hybridized carbons (Fsp3) is 0.200. The van der Waals surface area contributed by atoms with Crippen molar-refractivity contribution < 1.29 is 22.7 Å². The molecule has 0 bridgehead atoms. The van der Waals surface area contributed by atoms with Crippen LogP contribution in [0.5, 0.6) is 0 Å². The molecule has 0 spiro atoms. The van der Waals surface area contributed by atoms with Crippen molar-refractivity contribution in [3.63, 3.8) is 0 Å². The lowest BCUT2D eigenvalue weighted by Crippen LogP contribution is -2.51. The van der Waals surface area contributed by atoms with Gasteiger partial charge in [-0.15, -0.1) is 0 Å². The van der Waals surface area contributed by atoms with Gasteiger partial charge in [-0.05, 0) is 35.0 Å². The Kier molecular flexibility index (Phi) is 5.80. The molecule has 0 aliphatic carbocycles. The van der Waals surface area contributed by atoms with E-state index in [4.69, 9.17) is 4.74 Å². The second kappa shape index (κ2) is 8.92. The number of carbonyl (C=O) groups excluding carboxylic acids is 2. The molecule has 1 N–H and O–H groups in total. The van der Waals surface area contributed by atoms with Gasteiger partial charge >= 0.3 is 5.97 Å². The van der Waals surface area contributed by atoms with Crippen molar-refractivity contribution in [3.05, 3.63) is 78.5 Å². The number of nitrogens with one attached hydrogen (secondary N) is 1. The summed E-state index contributed by atoms with van der Waals surface area (Å²) in [7, 11) is -3.67. The minimum absolute atomic E-state index is 0.177. The zero-order valence-corrected chi connectivity index (χ0v) is 19.1. The van der Waals surface area contributed by atoms with Crippen LogP contribution < -0.4 is 0 Å². The molecule has 0 atom stereocenters. The first-order chi connectivity index (χ1) is 16.4. The molecule has 8 nitrogen and oxygen atoms in total. The van der Waals surface area contributed by atoms with Crippen LogP contribution in [0.2, 0.25) is 0 Å². The maximum absolute atomic E-state index is 13.1. The largest absolute Gasteiger partial charge is 0.451 e. The van der Waals surface area contributed by atoms with E-state index in [9.17, 15) is 18.0 Å². The topological polar surface area (TPSA) is 99.8 Å². The molecule has 1 amide bonds. The summed E-state index contributed by atoms with van der Waals surface area (Å²) in [6.45, 7) is 0.421. The highest BCUT2D eigenvalue weighted by Gasteiger charge is 2.30. The van der Waals surface area contributed by atoms with E-state index < -0.39 is 22.6 Å². The van der Waals surface area contributed by atoms with E-state index in [0.29, 0.717) is 0 Å². The van der Waals surface area contributed by atoms with Gasteiger partial charge in [0.1, 0.15) is 5.69 Å². The average Bonchev–Trinajstić information content (AvgIpc) is 3.31. The number of benzene rings is 3. The molecule has 2 heterocycles. The lowest BCUT2D eigenvalue weighted by atomic mass is 10.1. The summed E-state index contributed by atoms with van der Waals surface area (Å²) in [4.78, 5) is 29.6. The number of piperazine rings is 1. The molecule has 4 aromatic rings. The van der Waals surface area contributed by atoms with Crippen molar-refractivity contribution in [2.24, 2.45) is 0 Å². The quantitative estimate of drug-likeness (QED) is 0.446. The molecule has 5 rings (SSSR count). The molecule has 1 aliphatic heterocycles. The van der Waals surface area contributed by atoms with Crippen LogP contribution >= 0.6 is 0 Å². The molecule has 174 valence electrons. The number of hydrogen-bond acceptors (Lipinski definition) is 5. The molecule has 0 radical (unpaired) electrons. The molecule has 1 saturated heterocycles. The Balaban J connectivity index is 1.18. The molecule has 34 heavy (non-hydrogen) atoms. The maximum Gasteiger partial charge on any atom is 0.355 e. The summed E-state index contributed by atoms with van der Waals surface area (Å²) in [5, 5.41) is 2.71. The Hall–Kier alpha value is -3.69. The van der Waals surface area contributed by atoms with Crippen LogP contribution in [-0.2, 0) is 19.6 Å². The normalized spacial score (nSPS) is 15.0. The number of nitrogens with zero attached hydrogens (tertiary/aromatic N) is 2. The summed E-state index contributed by atoms with van der Waals surface area (Å²) < 4.78 is 32.8. The van der Waals surface area contributed by atoms with Gasteiger partial charge in [-0.3, -0.25) is 4.79 Å². The first-order valence-corrected chi connectivity index (χ1v) is 12.4. The van der Waals surface area contributed by atoms with E-state index in [1.807, 2.05) is 48.5 Å². The van der Waals surface area contributed by atoms with E-state index in [1.54, 1.807) is 24.3 Å². The number of aromatic amines is 1. The van der Waals surface area contributed by atoms with Gasteiger partial charge in [0.05, 0.1) is 4.90 Å². The zero-order chi connectivity index (χ0) is 23.7. The number of carbonyl (C=O) groups is 2. The van der Waals surface area contributed by atoms with E-state index in [0.717, 1.165) is 21.7 Å². The fourth-order valence-corrected chi connectivity index (χ4v) is 5.59. The summed E-state index contributed by atoms with van der Waals surface area (Å²) in [5.74, 6) is -0.964. The number of sulfonamides is 1. The van der Waals surface area contributed by atoms with Gasteiger partial charge in [0.15, 0.2) is 6.61 Å². The molecular formula is C25H23N3O5S. The van der Waals surface area contributed by atoms with Gasteiger partial charge in [-0.25, -0.2) is 13.2 Å². The first kappa shape index (κ1) is 22.1. The van der Waals surface area contributed by atoms with Crippen LogP contribution in [0.3, 0.4) is 0 Å². The van der Waals surface area contributed by atoms with E-state index in [-0.39, 0.29) is 42.7 Å². The lowest BCUT2D eigenvalue weighted by molar-refractivity contribution is -0.135.